The number of sulfonamides is 1. The second kappa shape index (κ2) is 10.4. The van der Waals surface area contributed by atoms with Crippen LogP contribution in [0.2, 0.25) is 0 Å². The van der Waals surface area contributed by atoms with Gasteiger partial charge >= 0.3 is 0 Å². The lowest BCUT2D eigenvalue weighted by atomic mass is 10.1. The number of hydrogen-bond acceptors (Lipinski definition) is 5. The third-order valence-corrected chi connectivity index (χ3v) is 5.71. The standard InChI is InChI=1S/C18H24N2O4S.ClH/c1-23-16-12-17(24-2)14-18(13-16)25(21,22)20(11-9-19)10-8-15-6-4-3-5-7-15;/h3-7,12-14H,8-11,19H2,1-2H3;1H. The van der Waals surface area contributed by atoms with Gasteiger partial charge in [-0.1, -0.05) is 30.3 Å². The molecule has 0 radical (unpaired) electrons. The van der Waals surface area contributed by atoms with E-state index in [9.17, 15) is 8.42 Å². The summed E-state index contributed by atoms with van der Waals surface area (Å²) in [5, 5.41) is 0. The lowest BCUT2D eigenvalue weighted by Crippen LogP contribution is -2.37. The summed E-state index contributed by atoms with van der Waals surface area (Å²) in [6.45, 7) is 0.840. The molecule has 0 fully saturated rings. The normalized spacial score (nSPS) is 11.1. The SMILES string of the molecule is COc1cc(OC)cc(S(=O)(=O)N(CCN)CCc2ccccc2)c1.Cl. The van der Waals surface area contributed by atoms with Crippen molar-refractivity contribution in [2.45, 2.75) is 11.3 Å². The van der Waals surface area contributed by atoms with Crippen LogP contribution in [0.4, 0.5) is 0 Å². The predicted molar refractivity (Wildman–Crippen MR) is 105 cm³/mol. The van der Waals surface area contributed by atoms with E-state index in [-0.39, 0.29) is 30.4 Å². The first kappa shape index (κ1) is 22.2. The van der Waals surface area contributed by atoms with Gasteiger partial charge in [-0.3, -0.25) is 0 Å². The van der Waals surface area contributed by atoms with Crippen molar-refractivity contribution in [3.05, 3.63) is 54.1 Å². The molecule has 2 aromatic carbocycles. The maximum atomic E-state index is 13.0. The topological polar surface area (TPSA) is 81.9 Å². The Balaban J connectivity index is 0.00000338. The van der Waals surface area contributed by atoms with Gasteiger partial charge in [-0.05, 0) is 12.0 Å². The lowest BCUT2D eigenvalue weighted by Gasteiger charge is -2.22. The summed E-state index contributed by atoms with van der Waals surface area (Å²) < 4.78 is 37.8. The van der Waals surface area contributed by atoms with Crippen LogP contribution in [0, 0.1) is 0 Å². The highest BCUT2D eigenvalue weighted by Crippen LogP contribution is 2.27. The Kier molecular flexibility index (Phi) is 8.87. The van der Waals surface area contributed by atoms with Gasteiger partial charge in [-0.2, -0.15) is 4.31 Å². The van der Waals surface area contributed by atoms with Crippen LogP contribution in [-0.4, -0.2) is 46.6 Å². The van der Waals surface area contributed by atoms with Gasteiger partial charge in [0.1, 0.15) is 11.5 Å². The monoisotopic (exact) mass is 400 g/mol. The van der Waals surface area contributed by atoms with Gasteiger partial charge in [0.2, 0.25) is 10.0 Å². The second-order valence-corrected chi connectivity index (χ2v) is 7.41. The molecule has 0 unspecified atom stereocenters. The largest absolute Gasteiger partial charge is 0.497 e. The van der Waals surface area contributed by atoms with Gasteiger partial charge in [0.25, 0.3) is 0 Å². The van der Waals surface area contributed by atoms with E-state index in [2.05, 4.69) is 0 Å². The molecule has 0 amide bonds. The Morgan fingerprint density at radius 1 is 0.962 bits per heavy atom. The number of halogens is 1. The Bertz CT molecular complexity index is 763. The van der Waals surface area contributed by atoms with Crippen molar-refractivity contribution in [1.29, 1.82) is 0 Å². The van der Waals surface area contributed by atoms with Crippen molar-refractivity contribution >= 4 is 22.4 Å². The highest BCUT2D eigenvalue weighted by Gasteiger charge is 2.25. The van der Waals surface area contributed by atoms with E-state index in [1.807, 2.05) is 30.3 Å². The summed E-state index contributed by atoms with van der Waals surface area (Å²) in [4.78, 5) is 0.130. The van der Waals surface area contributed by atoms with Gasteiger partial charge < -0.3 is 15.2 Å². The van der Waals surface area contributed by atoms with Crippen LogP contribution in [-0.2, 0) is 16.4 Å². The Morgan fingerprint density at radius 2 is 1.54 bits per heavy atom. The molecule has 0 aliphatic carbocycles. The summed E-state index contributed by atoms with van der Waals surface area (Å²) in [6.07, 6.45) is 0.612. The van der Waals surface area contributed by atoms with Gasteiger partial charge in [-0.25, -0.2) is 8.42 Å². The van der Waals surface area contributed by atoms with E-state index in [1.165, 1.54) is 30.7 Å². The Morgan fingerprint density at radius 3 is 2.04 bits per heavy atom. The summed E-state index contributed by atoms with van der Waals surface area (Å²) in [6, 6.07) is 14.4. The quantitative estimate of drug-likeness (QED) is 0.698. The van der Waals surface area contributed by atoms with Gasteiger partial charge in [0.15, 0.2) is 0 Å². The minimum absolute atomic E-state index is 0. The molecule has 26 heavy (non-hydrogen) atoms. The first-order chi connectivity index (χ1) is 12.0. The van der Waals surface area contributed by atoms with Crippen molar-refractivity contribution in [3.63, 3.8) is 0 Å². The van der Waals surface area contributed by atoms with Crippen LogP contribution in [0.1, 0.15) is 5.56 Å². The third kappa shape index (κ3) is 5.60. The zero-order valence-corrected chi connectivity index (χ0v) is 16.6. The molecule has 0 saturated carbocycles. The molecular formula is C18H25ClN2O4S. The number of nitrogens with two attached hydrogens (primary N) is 1. The molecule has 0 saturated heterocycles. The van der Waals surface area contributed by atoms with Crippen molar-refractivity contribution in [1.82, 2.24) is 4.31 Å². The lowest BCUT2D eigenvalue weighted by molar-refractivity contribution is 0.389. The minimum atomic E-state index is -3.71. The summed E-state index contributed by atoms with van der Waals surface area (Å²) >= 11 is 0. The van der Waals surface area contributed by atoms with E-state index < -0.39 is 10.0 Å². The zero-order chi connectivity index (χ0) is 18.3. The van der Waals surface area contributed by atoms with Crippen LogP contribution in [0.15, 0.2) is 53.4 Å². The first-order valence-electron chi connectivity index (χ1n) is 7.98. The highest BCUT2D eigenvalue weighted by molar-refractivity contribution is 7.89. The fraction of sp³-hybridized carbons (Fsp3) is 0.333. The maximum Gasteiger partial charge on any atom is 0.243 e. The average molecular weight is 401 g/mol. The molecule has 0 bridgehead atoms. The zero-order valence-electron chi connectivity index (χ0n) is 14.9. The van der Waals surface area contributed by atoms with Crippen molar-refractivity contribution < 1.29 is 17.9 Å². The molecule has 0 aliphatic heterocycles. The van der Waals surface area contributed by atoms with Gasteiger partial charge in [-0.15, -0.1) is 12.4 Å². The molecule has 8 heteroatoms. The van der Waals surface area contributed by atoms with Crippen molar-refractivity contribution in [3.8, 4) is 11.5 Å². The molecule has 2 N–H and O–H groups in total. The van der Waals surface area contributed by atoms with Crippen LogP contribution in [0.25, 0.3) is 0 Å². The summed E-state index contributed by atoms with van der Waals surface area (Å²) in [5.74, 6) is 0.849. The smallest absolute Gasteiger partial charge is 0.243 e. The van der Waals surface area contributed by atoms with Crippen LogP contribution < -0.4 is 15.2 Å². The molecule has 0 atom stereocenters. The number of hydrogen-bond donors (Lipinski definition) is 1. The fourth-order valence-electron chi connectivity index (χ4n) is 2.47. The molecule has 0 heterocycles. The van der Waals surface area contributed by atoms with Crippen LogP contribution in [0.3, 0.4) is 0 Å². The molecule has 0 spiro atoms. The van der Waals surface area contributed by atoms with E-state index >= 15 is 0 Å². The van der Waals surface area contributed by atoms with Crippen LogP contribution in [0.5, 0.6) is 11.5 Å². The molecule has 2 rings (SSSR count). The highest BCUT2D eigenvalue weighted by atomic mass is 35.5. The first-order valence-corrected chi connectivity index (χ1v) is 9.42. The number of nitrogens with zero attached hydrogens (tertiary/aromatic N) is 1. The van der Waals surface area contributed by atoms with Crippen molar-refractivity contribution in [2.24, 2.45) is 5.73 Å². The molecular weight excluding hydrogens is 376 g/mol. The molecule has 0 aliphatic rings. The number of benzene rings is 2. The number of ether oxygens (including phenoxy) is 2. The maximum absolute atomic E-state index is 13.0. The molecule has 6 nitrogen and oxygen atoms in total. The molecule has 144 valence electrons. The third-order valence-electron chi connectivity index (χ3n) is 3.83. The van der Waals surface area contributed by atoms with E-state index in [0.717, 1.165) is 5.56 Å². The predicted octanol–water partition coefficient (Wildman–Crippen LogP) is 2.32. The number of rotatable bonds is 9. The van der Waals surface area contributed by atoms with E-state index in [1.54, 1.807) is 6.07 Å². The van der Waals surface area contributed by atoms with Gasteiger partial charge in [0.05, 0.1) is 19.1 Å². The van der Waals surface area contributed by atoms with E-state index in [0.29, 0.717) is 24.5 Å². The average Bonchev–Trinajstić information content (AvgIpc) is 2.65. The Labute approximate surface area is 161 Å². The summed E-state index contributed by atoms with van der Waals surface area (Å²) in [7, 11) is -0.737. The van der Waals surface area contributed by atoms with Crippen molar-refractivity contribution in [2.75, 3.05) is 33.9 Å². The van der Waals surface area contributed by atoms with Crippen LogP contribution >= 0.6 is 12.4 Å². The second-order valence-electron chi connectivity index (χ2n) is 5.48. The molecule has 2 aromatic rings. The van der Waals surface area contributed by atoms with E-state index in [4.69, 9.17) is 15.2 Å². The van der Waals surface area contributed by atoms with Gasteiger partial charge in [0, 0.05) is 37.8 Å². The summed E-state index contributed by atoms with van der Waals surface area (Å²) in [5.41, 5.74) is 6.70. The Hall–Kier alpha value is -1.80. The minimum Gasteiger partial charge on any atom is -0.497 e. The fourth-order valence-corrected chi connectivity index (χ4v) is 3.98. The number of methoxy groups -OCH3 is 2. The molecule has 0 aromatic heterocycles.